The molecule has 2 aliphatic rings. The molecule has 4 heterocycles. The summed E-state index contributed by atoms with van der Waals surface area (Å²) < 4.78 is 12.3. The highest BCUT2D eigenvalue weighted by molar-refractivity contribution is 5.32. The van der Waals surface area contributed by atoms with Crippen LogP contribution in [0.5, 0.6) is 5.75 Å². The van der Waals surface area contributed by atoms with E-state index >= 15 is 0 Å². The molecule has 0 aromatic carbocycles. The molecule has 2 saturated heterocycles. The molecule has 0 unspecified atom stereocenters. The summed E-state index contributed by atoms with van der Waals surface area (Å²) >= 11 is 0. The number of piperidine rings is 1. The summed E-state index contributed by atoms with van der Waals surface area (Å²) in [4.78, 5) is 15.4. The Labute approximate surface area is 148 Å². The van der Waals surface area contributed by atoms with Crippen LogP contribution in [-0.4, -0.2) is 46.4 Å². The highest BCUT2D eigenvalue weighted by Gasteiger charge is 2.45. The lowest BCUT2D eigenvalue weighted by molar-refractivity contribution is -0.00845. The van der Waals surface area contributed by atoms with Crippen molar-refractivity contribution in [3.63, 3.8) is 0 Å². The fourth-order valence-electron chi connectivity index (χ4n) is 3.73. The first-order chi connectivity index (χ1) is 12.3. The third-order valence-electron chi connectivity index (χ3n) is 5.03. The Morgan fingerprint density at radius 2 is 2.20 bits per heavy atom. The smallest absolute Gasteiger partial charge is 0.225 e. The lowest BCUT2D eigenvalue weighted by atomic mass is 9.89. The molecule has 0 saturated carbocycles. The molecule has 2 fully saturated rings. The maximum absolute atomic E-state index is 6.22. The van der Waals surface area contributed by atoms with Crippen molar-refractivity contribution in [2.45, 2.75) is 44.3 Å². The molecule has 0 bridgehead atoms. The van der Waals surface area contributed by atoms with E-state index in [1.54, 1.807) is 12.4 Å². The zero-order valence-corrected chi connectivity index (χ0v) is 14.6. The summed E-state index contributed by atoms with van der Waals surface area (Å²) in [6.45, 7) is 4.54. The van der Waals surface area contributed by atoms with Gasteiger partial charge in [-0.05, 0) is 37.0 Å². The van der Waals surface area contributed by atoms with E-state index in [0.717, 1.165) is 56.0 Å². The van der Waals surface area contributed by atoms with E-state index in [2.05, 4.69) is 26.8 Å². The standard InChI is InChI=1S/C19H24N4O2/c1-2-15-10-21-18(22-11-15)23-8-4-6-19(14-23)9-17(13-24-19)25-16-5-3-7-20-12-16/h3,5,7,10-12,17H,2,4,6,8-9,13-14H2,1H3/t17-,19+/m0/s1. The summed E-state index contributed by atoms with van der Waals surface area (Å²) in [6.07, 6.45) is 11.4. The minimum atomic E-state index is -0.155. The molecule has 25 heavy (non-hydrogen) atoms. The Bertz CT molecular complexity index is 694. The van der Waals surface area contributed by atoms with Gasteiger partial charge in [-0.2, -0.15) is 0 Å². The molecule has 132 valence electrons. The molecule has 0 amide bonds. The van der Waals surface area contributed by atoms with Gasteiger partial charge in [0.1, 0.15) is 11.9 Å². The van der Waals surface area contributed by atoms with Crippen molar-refractivity contribution in [1.29, 1.82) is 0 Å². The number of hydrogen-bond donors (Lipinski definition) is 0. The van der Waals surface area contributed by atoms with Crippen LogP contribution in [0.15, 0.2) is 36.9 Å². The van der Waals surface area contributed by atoms with Crippen LogP contribution in [-0.2, 0) is 11.2 Å². The van der Waals surface area contributed by atoms with Crippen LogP contribution in [0.25, 0.3) is 0 Å². The normalized spacial score (nSPS) is 26.1. The topological polar surface area (TPSA) is 60.4 Å². The maximum Gasteiger partial charge on any atom is 0.225 e. The van der Waals surface area contributed by atoms with Gasteiger partial charge in [0.2, 0.25) is 5.95 Å². The first-order valence-corrected chi connectivity index (χ1v) is 9.03. The van der Waals surface area contributed by atoms with Crippen molar-refractivity contribution >= 4 is 5.95 Å². The van der Waals surface area contributed by atoms with E-state index in [9.17, 15) is 0 Å². The largest absolute Gasteiger partial charge is 0.486 e. The molecule has 6 heteroatoms. The van der Waals surface area contributed by atoms with Gasteiger partial charge in [-0.25, -0.2) is 9.97 Å². The highest BCUT2D eigenvalue weighted by Crippen LogP contribution is 2.36. The highest BCUT2D eigenvalue weighted by atomic mass is 16.6. The second kappa shape index (κ2) is 6.96. The van der Waals surface area contributed by atoms with Crippen LogP contribution in [0.1, 0.15) is 31.7 Å². The van der Waals surface area contributed by atoms with E-state index < -0.39 is 0 Å². The van der Waals surface area contributed by atoms with Gasteiger partial charge in [0, 0.05) is 38.1 Å². The molecule has 2 aliphatic heterocycles. The van der Waals surface area contributed by atoms with Gasteiger partial charge in [0.25, 0.3) is 0 Å². The SMILES string of the molecule is CCc1cnc(N2CCC[C@@]3(C[C@H](Oc4cccnc4)CO3)C2)nc1. The Balaban J connectivity index is 1.42. The van der Waals surface area contributed by atoms with Crippen molar-refractivity contribution in [2.24, 2.45) is 0 Å². The predicted molar refractivity (Wildman–Crippen MR) is 94.8 cm³/mol. The molecule has 2 aromatic rings. The third kappa shape index (κ3) is 3.58. The molecule has 0 N–H and O–H groups in total. The van der Waals surface area contributed by atoms with Crippen molar-refractivity contribution in [1.82, 2.24) is 15.0 Å². The average Bonchev–Trinajstić information content (AvgIpc) is 3.04. The zero-order valence-electron chi connectivity index (χ0n) is 14.6. The van der Waals surface area contributed by atoms with Crippen molar-refractivity contribution in [3.8, 4) is 5.75 Å². The maximum atomic E-state index is 6.22. The summed E-state index contributed by atoms with van der Waals surface area (Å²) in [5.74, 6) is 1.61. The molecular weight excluding hydrogens is 316 g/mol. The molecule has 1 spiro atoms. The van der Waals surface area contributed by atoms with Crippen molar-refractivity contribution < 1.29 is 9.47 Å². The Morgan fingerprint density at radius 3 is 2.96 bits per heavy atom. The lowest BCUT2D eigenvalue weighted by Gasteiger charge is -2.39. The number of aromatic nitrogens is 3. The van der Waals surface area contributed by atoms with Crippen LogP contribution >= 0.6 is 0 Å². The Kier molecular flexibility index (Phi) is 4.53. The second-order valence-corrected chi connectivity index (χ2v) is 6.90. The minimum absolute atomic E-state index is 0.0764. The monoisotopic (exact) mass is 340 g/mol. The van der Waals surface area contributed by atoms with Gasteiger partial charge in [-0.3, -0.25) is 4.98 Å². The van der Waals surface area contributed by atoms with Crippen molar-refractivity contribution in [3.05, 3.63) is 42.5 Å². The van der Waals surface area contributed by atoms with E-state index in [4.69, 9.17) is 9.47 Å². The van der Waals surface area contributed by atoms with Gasteiger partial charge in [0.15, 0.2) is 0 Å². The molecule has 6 nitrogen and oxygen atoms in total. The summed E-state index contributed by atoms with van der Waals surface area (Å²) in [6, 6.07) is 3.83. The van der Waals surface area contributed by atoms with Crippen LogP contribution in [0.4, 0.5) is 5.95 Å². The molecule has 0 aliphatic carbocycles. The Morgan fingerprint density at radius 1 is 1.32 bits per heavy atom. The van der Waals surface area contributed by atoms with Gasteiger partial charge in [-0.15, -0.1) is 0 Å². The molecule has 4 rings (SSSR count). The number of ether oxygens (including phenoxy) is 2. The summed E-state index contributed by atoms with van der Waals surface area (Å²) in [5, 5.41) is 0. The van der Waals surface area contributed by atoms with Crippen molar-refractivity contribution in [2.75, 3.05) is 24.6 Å². The third-order valence-corrected chi connectivity index (χ3v) is 5.03. The number of nitrogens with zero attached hydrogens (tertiary/aromatic N) is 4. The summed E-state index contributed by atoms with van der Waals surface area (Å²) in [7, 11) is 0. The summed E-state index contributed by atoms with van der Waals surface area (Å²) in [5.41, 5.74) is 1.01. The molecule has 0 radical (unpaired) electrons. The van der Waals surface area contributed by atoms with Crippen LogP contribution in [0.3, 0.4) is 0 Å². The molecule has 2 atom stereocenters. The van der Waals surface area contributed by atoms with E-state index in [-0.39, 0.29) is 11.7 Å². The van der Waals surface area contributed by atoms with Gasteiger partial charge < -0.3 is 14.4 Å². The molecular formula is C19H24N4O2. The fourth-order valence-corrected chi connectivity index (χ4v) is 3.73. The lowest BCUT2D eigenvalue weighted by Crippen LogP contribution is -2.48. The number of rotatable bonds is 4. The predicted octanol–water partition coefficient (Wildman–Crippen LogP) is 2.64. The second-order valence-electron chi connectivity index (χ2n) is 6.90. The van der Waals surface area contributed by atoms with Gasteiger partial charge in [0.05, 0.1) is 18.4 Å². The van der Waals surface area contributed by atoms with Crippen LogP contribution in [0.2, 0.25) is 0 Å². The number of pyridine rings is 1. The molecule has 2 aromatic heterocycles. The first kappa shape index (κ1) is 16.3. The fraction of sp³-hybridized carbons (Fsp3) is 0.526. The average molecular weight is 340 g/mol. The quantitative estimate of drug-likeness (QED) is 0.853. The van der Waals surface area contributed by atoms with E-state index in [1.807, 2.05) is 24.5 Å². The number of anilines is 1. The van der Waals surface area contributed by atoms with Crippen LogP contribution in [0, 0.1) is 0 Å². The number of hydrogen-bond acceptors (Lipinski definition) is 6. The van der Waals surface area contributed by atoms with Gasteiger partial charge in [-0.1, -0.05) is 6.92 Å². The Hall–Kier alpha value is -2.21. The van der Waals surface area contributed by atoms with Gasteiger partial charge >= 0.3 is 0 Å². The minimum Gasteiger partial charge on any atom is -0.486 e. The van der Waals surface area contributed by atoms with E-state index in [0.29, 0.717) is 6.61 Å². The first-order valence-electron chi connectivity index (χ1n) is 9.03. The number of aryl methyl sites for hydroxylation is 1. The van der Waals surface area contributed by atoms with E-state index in [1.165, 1.54) is 0 Å². The van der Waals surface area contributed by atoms with Crippen LogP contribution < -0.4 is 9.64 Å². The zero-order chi connectivity index (χ0) is 17.1.